The first-order valence-corrected chi connectivity index (χ1v) is 7.52. The molecule has 0 saturated heterocycles. The molecule has 2 aromatic carbocycles. The van der Waals surface area contributed by atoms with Gasteiger partial charge < -0.3 is 10.1 Å². The molecule has 0 fully saturated rings. The van der Waals surface area contributed by atoms with Gasteiger partial charge in [0, 0.05) is 12.1 Å². The second-order valence-corrected chi connectivity index (χ2v) is 5.43. The van der Waals surface area contributed by atoms with E-state index in [1.54, 1.807) is 6.07 Å². The Bertz CT molecular complexity index is 626. The fraction of sp³-hybridized carbons (Fsp3) is 0.333. The minimum atomic E-state index is -0.266. The van der Waals surface area contributed by atoms with Crippen LogP contribution in [0.2, 0.25) is 0 Å². The maximum absolute atomic E-state index is 13.3. The Morgan fingerprint density at radius 2 is 2.00 bits per heavy atom. The standard InChI is InChI=1S/C18H20FNO/c1-2-21-18-12-15(19)8-10-17(18)20-16-9-7-13-5-3-4-6-14(13)11-16/h3-6,8,10,12,16,20H,2,7,9,11H2,1H3. The Balaban J connectivity index is 1.76. The number of rotatable bonds is 4. The van der Waals surface area contributed by atoms with Gasteiger partial charge >= 0.3 is 0 Å². The molecular weight excluding hydrogens is 265 g/mol. The largest absolute Gasteiger partial charge is 0.492 e. The molecule has 2 aromatic rings. The summed E-state index contributed by atoms with van der Waals surface area (Å²) in [5, 5.41) is 3.51. The molecule has 0 saturated carbocycles. The van der Waals surface area contributed by atoms with Crippen LogP contribution >= 0.6 is 0 Å². The zero-order valence-corrected chi connectivity index (χ0v) is 12.2. The van der Waals surface area contributed by atoms with Crippen LogP contribution in [0.4, 0.5) is 10.1 Å². The Labute approximate surface area is 125 Å². The number of halogens is 1. The number of nitrogens with one attached hydrogen (secondary N) is 1. The van der Waals surface area contributed by atoms with E-state index in [4.69, 9.17) is 4.74 Å². The molecule has 0 amide bonds. The van der Waals surface area contributed by atoms with E-state index in [-0.39, 0.29) is 5.82 Å². The molecule has 0 spiro atoms. The summed E-state index contributed by atoms with van der Waals surface area (Å²) in [5.74, 6) is 0.328. The van der Waals surface area contributed by atoms with E-state index < -0.39 is 0 Å². The van der Waals surface area contributed by atoms with Crippen molar-refractivity contribution in [2.24, 2.45) is 0 Å². The lowest BCUT2D eigenvalue weighted by molar-refractivity contribution is 0.339. The van der Waals surface area contributed by atoms with Crippen molar-refractivity contribution in [3.63, 3.8) is 0 Å². The lowest BCUT2D eigenvalue weighted by atomic mass is 9.88. The first-order valence-electron chi connectivity index (χ1n) is 7.52. The Morgan fingerprint density at radius 3 is 2.81 bits per heavy atom. The van der Waals surface area contributed by atoms with E-state index in [1.807, 2.05) is 6.92 Å². The van der Waals surface area contributed by atoms with Gasteiger partial charge in [-0.15, -0.1) is 0 Å². The van der Waals surface area contributed by atoms with Crippen molar-refractivity contribution in [3.8, 4) is 5.75 Å². The SMILES string of the molecule is CCOc1cc(F)ccc1NC1CCc2ccccc2C1. The van der Waals surface area contributed by atoms with Crippen LogP contribution < -0.4 is 10.1 Å². The van der Waals surface area contributed by atoms with Gasteiger partial charge in [-0.2, -0.15) is 0 Å². The lowest BCUT2D eigenvalue weighted by Gasteiger charge is -2.27. The molecule has 110 valence electrons. The van der Waals surface area contributed by atoms with Crippen LogP contribution in [0.1, 0.15) is 24.5 Å². The highest BCUT2D eigenvalue weighted by Crippen LogP contribution is 2.29. The molecule has 0 heterocycles. The summed E-state index contributed by atoms with van der Waals surface area (Å²) in [6, 6.07) is 13.6. The second-order valence-electron chi connectivity index (χ2n) is 5.43. The quantitative estimate of drug-likeness (QED) is 0.909. The van der Waals surface area contributed by atoms with Gasteiger partial charge in [0.2, 0.25) is 0 Å². The fourth-order valence-corrected chi connectivity index (χ4v) is 2.93. The van der Waals surface area contributed by atoms with E-state index >= 15 is 0 Å². The van der Waals surface area contributed by atoms with Crippen molar-refractivity contribution >= 4 is 5.69 Å². The Morgan fingerprint density at radius 1 is 1.19 bits per heavy atom. The number of anilines is 1. The van der Waals surface area contributed by atoms with Gasteiger partial charge in [0.1, 0.15) is 11.6 Å². The molecule has 1 aliphatic carbocycles. The number of ether oxygens (including phenoxy) is 1. The van der Waals surface area contributed by atoms with Crippen molar-refractivity contribution < 1.29 is 9.13 Å². The molecule has 0 radical (unpaired) electrons. The number of aryl methyl sites for hydroxylation is 1. The van der Waals surface area contributed by atoms with Gasteiger partial charge in [0.15, 0.2) is 0 Å². The summed E-state index contributed by atoms with van der Waals surface area (Å²) < 4.78 is 18.9. The van der Waals surface area contributed by atoms with Crippen LogP contribution in [0, 0.1) is 5.82 Å². The summed E-state index contributed by atoms with van der Waals surface area (Å²) in [6.07, 6.45) is 3.16. The predicted molar refractivity (Wildman–Crippen MR) is 83.4 cm³/mol. The molecular formula is C18H20FNO. The van der Waals surface area contributed by atoms with E-state index in [2.05, 4.69) is 29.6 Å². The van der Waals surface area contributed by atoms with Crippen LogP contribution in [-0.2, 0) is 12.8 Å². The van der Waals surface area contributed by atoms with Crippen LogP contribution in [0.5, 0.6) is 5.75 Å². The molecule has 2 nitrogen and oxygen atoms in total. The zero-order valence-electron chi connectivity index (χ0n) is 12.2. The van der Waals surface area contributed by atoms with E-state index in [0.29, 0.717) is 18.4 Å². The van der Waals surface area contributed by atoms with Gasteiger partial charge in [-0.05, 0) is 49.4 Å². The zero-order chi connectivity index (χ0) is 14.7. The summed E-state index contributed by atoms with van der Waals surface area (Å²) in [7, 11) is 0. The molecule has 0 bridgehead atoms. The second kappa shape index (κ2) is 6.17. The highest BCUT2D eigenvalue weighted by molar-refractivity contribution is 5.57. The maximum atomic E-state index is 13.3. The van der Waals surface area contributed by atoms with Crippen molar-refractivity contribution in [1.82, 2.24) is 0 Å². The summed E-state index contributed by atoms with van der Waals surface area (Å²) in [5.41, 5.74) is 3.73. The number of hydrogen-bond acceptors (Lipinski definition) is 2. The highest BCUT2D eigenvalue weighted by Gasteiger charge is 2.19. The van der Waals surface area contributed by atoms with Crippen LogP contribution in [0.15, 0.2) is 42.5 Å². The monoisotopic (exact) mass is 285 g/mol. The minimum absolute atomic E-state index is 0.266. The predicted octanol–water partition coefficient (Wildman–Crippen LogP) is 4.19. The average Bonchev–Trinajstić information content (AvgIpc) is 2.50. The summed E-state index contributed by atoms with van der Waals surface area (Å²) in [6.45, 7) is 2.44. The van der Waals surface area contributed by atoms with E-state index in [0.717, 1.165) is 24.9 Å². The van der Waals surface area contributed by atoms with Gasteiger partial charge in [-0.25, -0.2) is 4.39 Å². The Kier molecular flexibility index (Phi) is 4.09. The molecule has 3 heteroatoms. The highest BCUT2D eigenvalue weighted by atomic mass is 19.1. The van der Waals surface area contributed by atoms with Gasteiger partial charge in [-0.3, -0.25) is 0 Å². The van der Waals surface area contributed by atoms with E-state index in [1.165, 1.54) is 23.3 Å². The van der Waals surface area contributed by atoms with Crippen LogP contribution in [0.25, 0.3) is 0 Å². The van der Waals surface area contributed by atoms with Gasteiger partial charge in [-0.1, -0.05) is 24.3 Å². The lowest BCUT2D eigenvalue weighted by Crippen LogP contribution is -2.27. The molecule has 0 aromatic heterocycles. The van der Waals surface area contributed by atoms with Crippen LogP contribution in [0.3, 0.4) is 0 Å². The number of hydrogen-bond donors (Lipinski definition) is 1. The minimum Gasteiger partial charge on any atom is -0.492 e. The number of fused-ring (bicyclic) bond motifs is 1. The first kappa shape index (κ1) is 13.9. The van der Waals surface area contributed by atoms with Crippen molar-refractivity contribution in [2.75, 3.05) is 11.9 Å². The third-order valence-electron chi connectivity index (χ3n) is 3.95. The van der Waals surface area contributed by atoms with Crippen molar-refractivity contribution in [2.45, 2.75) is 32.2 Å². The first-order chi connectivity index (χ1) is 10.3. The third kappa shape index (κ3) is 3.18. The van der Waals surface area contributed by atoms with Crippen molar-refractivity contribution in [3.05, 3.63) is 59.4 Å². The molecule has 1 atom stereocenters. The van der Waals surface area contributed by atoms with Gasteiger partial charge in [0.25, 0.3) is 0 Å². The maximum Gasteiger partial charge on any atom is 0.145 e. The molecule has 3 rings (SSSR count). The molecule has 1 unspecified atom stereocenters. The number of benzene rings is 2. The molecule has 21 heavy (non-hydrogen) atoms. The molecule has 1 N–H and O–H groups in total. The van der Waals surface area contributed by atoms with E-state index in [9.17, 15) is 4.39 Å². The molecule has 0 aliphatic heterocycles. The van der Waals surface area contributed by atoms with Crippen LogP contribution in [-0.4, -0.2) is 12.6 Å². The van der Waals surface area contributed by atoms with Crippen molar-refractivity contribution in [1.29, 1.82) is 0 Å². The third-order valence-corrected chi connectivity index (χ3v) is 3.95. The fourth-order valence-electron chi connectivity index (χ4n) is 2.93. The smallest absolute Gasteiger partial charge is 0.145 e. The summed E-state index contributed by atoms with van der Waals surface area (Å²) >= 11 is 0. The summed E-state index contributed by atoms with van der Waals surface area (Å²) in [4.78, 5) is 0. The normalized spacial score (nSPS) is 17.1. The van der Waals surface area contributed by atoms with Gasteiger partial charge in [0.05, 0.1) is 12.3 Å². The Hall–Kier alpha value is -2.03. The molecule has 1 aliphatic rings. The topological polar surface area (TPSA) is 21.3 Å². The average molecular weight is 285 g/mol.